The molecule has 0 spiro atoms. The Kier molecular flexibility index (Phi) is 8.46. The average Bonchev–Trinajstić information content (AvgIpc) is 2.79. The van der Waals surface area contributed by atoms with Crippen molar-refractivity contribution >= 4 is 28.7 Å². The summed E-state index contributed by atoms with van der Waals surface area (Å²) in [6.45, 7) is 8.86. The molecule has 0 aliphatic heterocycles. The Morgan fingerprint density at radius 1 is 0.844 bits per heavy atom. The van der Waals surface area contributed by atoms with Crippen molar-refractivity contribution in [2.75, 3.05) is 42.3 Å². The third kappa shape index (κ3) is 5.77. The summed E-state index contributed by atoms with van der Waals surface area (Å²) in [5.74, 6) is 0. The fraction of sp³-hybridized carbons (Fsp3) is 0.357. The summed E-state index contributed by atoms with van der Waals surface area (Å²) < 4.78 is 0. The van der Waals surface area contributed by atoms with Crippen molar-refractivity contribution in [1.29, 1.82) is 0 Å². The van der Waals surface area contributed by atoms with Gasteiger partial charge in [0.15, 0.2) is 0 Å². The van der Waals surface area contributed by atoms with Gasteiger partial charge in [0.25, 0.3) is 0 Å². The lowest BCUT2D eigenvalue weighted by molar-refractivity contribution is 0.744. The number of benzene rings is 3. The fourth-order valence-electron chi connectivity index (χ4n) is 4.13. The van der Waals surface area contributed by atoms with Gasteiger partial charge in [0.1, 0.15) is 0 Å². The SMILES string of the molecule is CCCN(CCC)c1ccc(C(Nc2ccccc2Cl)c2ccc(N(C)C)cc2)c(C)c1. The van der Waals surface area contributed by atoms with E-state index >= 15 is 0 Å². The lowest BCUT2D eigenvalue weighted by atomic mass is 9.93. The standard InChI is InChI=1S/C28H36ClN3/c1-6-18-32(19-7-2)24-16-17-25(21(3)20-24)28(30-27-11-9-8-10-26(27)29)22-12-14-23(15-13-22)31(4)5/h8-17,20,28,30H,6-7,18-19H2,1-5H3. The summed E-state index contributed by atoms with van der Waals surface area (Å²) in [5.41, 5.74) is 7.19. The topological polar surface area (TPSA) is 18.5 Å². The van der Waals surface area contributed by atoms with E-state index in [1.165, 1.54) is 28.1 Å². The molecule has 32 heavy (non-hydrogen) atoms. The summed E-state index contributed by atoms with van der Waals surface area (Å²) >= 11 is 6.51. The van der Waals surface area contributed by atoms with Crippen LogP contribution < -0.4 is 15.1 Å². The largest absolute Gasteiger partial charge is 0.378 e. The van der Waals surface area contributed by atoms with Crippen molar-refractivity contribution in [3.05, 3.63) is 88.4 Å². The van der Waals surface area contributed by atoms with E-state index in [2.05, 4.69) is 92.4 Å². The van der Waals surface area contributed by atoms with E-state index in [0.717, 1.165) is 36.6 Å². The van der Waals surface area contributed by atoms with Gasteiger partial charge < -0.3 is 15.1 Å². The van der Waals surface area contributed by atoms with Crippen molar-refractivity contribution in [1.82, 2.24) is 0 Å². The van der Waals surface area contributed by atoms with Gasteiger partial charge in [0.2, 0.25) is 0 Å². The lowest BCUT2D eigenvalue weighted by Crippen LogP contribution is -2.25. The minimum Gasteiger partial charge on any atom is -0.378 e. The number of rotatable bonds is 10. The first kappa shape index (κ1) is 24.0. The van der Waals surface area contributed by atoms with Crippen LogP contribution in [0.25, 0.3) is 0 Å². The molecule has 4 heteroatoms. The van der Waals surface area contributed by atoms with E-state index < -0.39 is 0 Å². The van der Waals surface area contributed by atoms with Crippen LogP contribution in [0.15, 0.2) is 66.7 Å². The van der Waals surface area contributed by atoms with E-state index in [-0.39, 0.29) is 6.04 Å². The predicted octanol–water partition coefficient (Wildman–Crippen LogP) is 7.54. The second kappa shape index (κ2) is 11.3. The van der Waals surface area contributed by atoms with E-state index in [0.29, 0.717) is 0 Å². The molecule has 0 bridgehead atoms. The Labute approximate surface area is 199 Å². The van der Waals surface area contributed by atoms with Gasteiger partial charge in [-0.1, -0.05) is 55.8 Å². The van der Waals surface area contributed by atoms with Gasteiger partial charge in [0.05, 0.1) is 16.8 Å². The predicted molar refractivity (Wildman–Crippen MR) is 142 cm³/mol. The second-order valence-electron chi connectivity index (χ2n) is 8.57. The van der Waals surface area contributed by atoms with Crippen LogP contribution in [0.5, 0.6) is 0 Å². The molecule has 1 N–H and O–H groups in total. The van der Waals surface area contributed by atoms with Gasteiger partial charge >= 0.3 is 0 Å². The van der Waals surface area contributed by atoms with Crippen LogP contribution in [0.3, 0.4) is 0 Å². The lowest BCUT2D eigenvalue weighted by Gasteiger charge is -2.27. The normalized spacial score (nSPS) is 11.8. The number of anilines is 3. The fourth-order valence-corrected chi connectivity index (χ4v) is 4.32. The highest BCUT2D eigenvalue weighted by molar-refractivity contribution is 6.33. The molecule has 0 aliphatic rings. The highest BCUT2D eigenvalue weighted by atomic mass is 35.5. The quantitative estimate of drug-likeness (QED) is 0.344. The smallest absolute Gasteiger partial charge is 0.0770 e. The Morgan fingerprint density at radius 3 is 2.03 bits per heavy atom. The number of nitrogens with one attached hydrogen (secondary N) is 1. The average molecular weight is 450 g/mol. The van der Waals surface area contributed by atoms with Gasteiger partial charge in [-0.05, 0) is 72.9 Å². The number of hydrogen-bond donors (Lipinski definition) is 1. The third-order valence-corrected chi connectivity index (χ3v) is 6.16. The van der Waals surface area contributed by atoms with E-state index in [9.17, 15) is 0 Å². The maximum Gasteiger partial charge on any atom is 0.0770 e. The maximum atomic E-state index is 6.51. The Hall–Kier alpha value is -2.65. The Morgan fingerprint density at radius 2 is 1.47 bits per heavy atom. The molecular weight excluding hydrogens is 414 g/mol. The number of halogens is 1. The van der Waals surface area contributed by atoms with Crippen LogP contribution in [0.2, 0.25) is 5.02 Å². The van der Waals surface area contributed by atoms with E-state index in [4.69, 9.17) is 11.6 Å². The molecule has 170 valence electrons. The first-order chi connectivity index (χ1) is 15.4. The number of hydrogen-bond acceptors (Lipinski definition) is 3. The minimum absolute atomic E-state index is 0.00552. The maximum absolute atomic E-state index is 6.51. The number of para-hydroxylation sites is 1. The zero-order chi connectivity index (χ0) is 23.1. The zero-order valence-electron chi connectivity index (χ0n) is 20.0. The van der Waals surface area contributed by atoms with Crippen molar-refractivity contribution in [2.24, 2.45) is 0 Å². The van der Waals surface area contributed by atoms with Crippen LogP contribution in [-0.4, -0.2) is 27.2 Å². The van der Waals surface area contributed by atoms with Crippen LogP contribution in [0.4, 0.5) is 17.1 Å². The molecule has 3 nitrogen and oxygen atoms in total. The molecule has 3 rings (SSSR count). The zero-order valence-corrected chi connectivity index (χ0v) is 20.8. The van der Waals surface area contributed by atoms with Gasteiger partial charge in [-0.25, -0.2) is 0 Å². The number of aryl methyl sites for hydroxylation is 1. The molecule has 0 aromatic heterocycles. The van der Waals surface area contributed by atoms with Crippen molar-refractivity contribution < 1.29 is 0 Å². The van der Waals surface area contributed by atoms with Crippen molar-refractivity contribution in [3.8, 4) is 0 Å². The summed E-state index contributed by atoms with van der Waals surface area (Å²) in [6, 6.07) is 23.6. The molecule has 0 aliphatic carbocycles. The Bertz CT molecular complexity index is 992. The summed E-state index contributed by atoms with van der Waals surface area (Å²) in [5, 5.41) is 4.44. The van der Waals surface area contributed by atoms with Crippen LogP contribution >= 0.6 is 11.6 Å². The molecule has 0 amide bonds. The van der Waals surface area contributed by atoms with Crippen molar-refractivity contribution in [3.63, 3.8) is 0 Å². The summed E-state index contributed by atoms with van der Waals surface area (Å²) in [6.07, 6.45) is 2.30. The van der Waals surface area contributed by atoms with Crippen LogP contribution in [0.1, 0.15) is 49.4 Å². The van der Waals surface area contributed by atoms with E-state index in [1.54, 1.807) is 0 Å². The first-order valence-electron chi connectivity index (χ1n) is 11.6. The highest BCUT2D eigenvalue weighted by Crippen LogP contribution is 2.34. The Balaban J connectivity index is 2.01. The molecule has 0 fully saturated rings. The molecule has 3 aromatic carbocycles. The summed E-state index contributed by atoms with van der Waals surface area (Å²) in [7, 11) is 4.13. The van der Waals surface area contributed by atoms with Crippen LogP contribution in [-0.2, 0) is 0 Å². The molecular formula is C28H36ClN3. The van der Waals surface area contributed by atoms with Crippen LogP contribution in [0, 0.1) is 6.92 Å². The molecule has 0 saturated carbocycles. The highest BCUT2D eigenvalue weighted by Gasteiger charge is 2.19. The first-order valence-corrected chi connectivity index (χ1v) is 12.0. The van der Waals surface area contributed by atoms with Gasteiger partial charge in [-0.2, -0.15) is 0 Å². The molecule has 0 heterocycles. The van der Waals surface area contributed by atoms with Crippen molar-refractivity contribution in [2.45, 2.75) is 39.7 Å². The second-order valence-corrected chi connectivity index (χ2v) is 8.98. The summed E-state index contributed by atoms with van der Waals surface area (Å²) in [4.78, 5) is 4.61. The number of nitrogens with zero attached hydrogens (tertiary/aromatic N) is 2. The van der Waals surface area contributed by atoms with E-state index in [1.807, 2.05) is 24.3 Å². The molecule has 1 unspecified atom stereocenters. The third-order valence-electron chi connectivity index (χ3n) is 5.83. The monoisotopic (exact) mass is 449 g/mol. The van der Waals surface area contributed by atoms with Gasteiger partial charge in [-0.3, -0.25) is 0 Å². The molecule has 0 radical (unpaired) electrons. The molecule has 0 saturated heterocycles. The minimum atomic E-state index is 0.00552. The van der Waals surface area contributed by atoms with Gasteiger partial charge in [0, 0.05) is 38.6 Å². The molecule has 3 aromatic rings. The van der Waals surface area contributed by atoms with Gasteiger partial charge in [-0.15, -0.1) is 0 Å². The molecule has 1 atom stereocenters.